The molecule has 0 amide bonds. The summed E-state index contributed by atoms with van der Waals surface area (Å²) in [6.07, 6.45) is 0. The Morgan fingerprint density at radius 2 is 2.00 bits per heavy atom. The lowest BCUT2D eigenvalue weighted by Gasteiger charge is -2.14. The van der Waals surface area contributed by atoms with Gasteiger partial charge in [-0.3, -0.25) is 0 Å². The van der Waals surface area contributed by atoms with E-state index in [-0.39, 0.29) is 6.04 Å². The van der Waals surface area contributed by atoms with Crippen LogP contribution in [0.15, 0.2) is 46.9 Å². The van der Waals surface area contributed by atoms with Crippen molar-refractivity contribution in [3.05, 3.63) is 58.1 Å². The molecule has 0 bridgehead atoms. The third-order valence-corrected chi connectivity index (χ3v) is 3.39. The van der Waals surface area contributed by atoms with Crippen LogP contribution in [-0.4, -0.2) is 7.11 Å². The maximum absolute atomic E-state index is 5.99. The highest BCUT2D eigenvalue weighted by atomic mass is 79.9. The maximum atomic E-state index is 5.99. The van der Waals surface area contributed by atoms with E-state index in [4.69, 9.17) is 15.2 Å². The van der Waals surface area contributed by atoms with E-state index in [0.29, 0.717) is 6.61 Å². The largest absolute Gasteiger partial charge is 0.457 e. The molecule has 0 saturated heterocycles. The highest BCUT2D eigenvalue weighted by Gasteiger charge is 2.10. The van der Waals surface area contributed by atoms with Crippen molar-refractivity contribution in [1.29, 1.82) is 0 Å². The molecule has 0 spiro atoms. The first-order chi connectivity index (χ1) is 9.60. The van der Waals surface area contributed by atoms with E-state index in [1.807, 2.05) is 49.4 Å². The average molecular weight is 336 g/mol. The second-order valence-electron chi connectivity index (χ2n) is 4.65. The Balaban J connectivity index is 2.27. The number of hydrogen-bond acceptors (Lipinski definition) is 3. The topological polar surface area (TPSA) is 44.5 Å². The average Bonchev–Trinajstić information content (AvgIpc) is 2.41. The van der Waals surface area contributed by atoms with Crippen molar-refractivity contribution < 1.29 is 9.47 Å². The number of benzene rings is 2. The molecule has 106 valence electrons. The van der Waals surface area contributed by atoms with Crippen LogP contribution >= 0.6 is 15.9 Å². The van der Waals surface area contributed by atoms with Crippen LogP contribution in [0.25, 0.3) is 0 Å². The van der Waals surface area contributed by atoms with E-state index < -0.39 is 0 Å². The molecule has 0 aliphatic rings. The van der Waals surface area contributed by atoms with Gasteiger partial charge < -0.3 is 15.2 Å². The van der Waals surface area contributed by atoms with Gasteiger partial charge in [0, 0.05) is 23.2 Å². The summed E-state index contributed by atoms with van der Waals surface area (Å²) in [5.41, 5.74) is 8.04. The minimum absolute atomic E-state index is 0.0929. The quantitative estimate of drug-likeness (QED) is 0.880. The lowest BCUT2D eigenvalue weighted by molar-refractivity contribution is 0.184. The summed E-state index contributed by atoms with van der Waals surface area (Å²) in [5.74, 6) is 1.56. The number of methoxy groups -OCH3 is 1. The third kappa shape index (κ3) is 3.82. The SMILES string of the molecule is COCc1cccc(Oc2ccc(Br)cc2C(C)N)c1. The first-order valence-corrected chi connectivity index (χ1v) is 7.20. The molecule has 0 fully saturated rings. The zero-order chi connectivity index (χ0) is 14.5. The van der Waals surface area contributed by atoms with Gasteiger partial charge in [-0.1, -0.05) is 28.1 Å². The smallest absolute Gasteiger partial charge is 0.132 e. The van der Waals surface area contributed by atoms with Crippen molar-refractivity contribution in [2.24, 2.45) is 5.73 Å². The molecule has 1 atom stereocenters. The van der Waals surface area contributed by atoms with Gasteiger partial charge in [0.1, 0.15) is 11.5 Å². The summed E-state index contributed by atoms with van der Waals surface area (Å²) in [4.78, 5) is 0. The normalized spacial score (nSPS) is 12.2. The van der Waals surface area contributed by atoms with Gasteiger partial charge in [0.25, 0.3) is 0 Å². The summed E-state index contributed by atoms with van der Waals surface area (Å²) in [6, 6.07) is 13.6. The van der Waals surface area contributed by atoms with Crippen LogP contribution in [-0.2, 0) is 11.3 Å². The molecule has 0 radical (unpaired) electrons. The number of ether oxygens (including phenoxy) is 2. The molecule has 4 heteroatoms. The second kappa shape index (κ2) is 6.88. The molecule has 1 unspecified atom stereocenters. The molecule has 2 aromatic rings. The van der Waals surface area contributed by atoms with E-state index >= 15 is 0 Å². The number of hydrogen-bond donors (Lipinski definition) is 1. The fourth-order valence-electron chi connectivity index (χ4n) is 1.96. The van der Waals surface area contributed by atoms with Gasteiger partial charge in [-0.05, 0) is 42.8 Å². The van der Waals surface area contributed by atoms with Crippen molar-refractivity contribution in [2.75, 3.05) is 7.11 Å². The predicted molar refractivity (Wildman–Crippen MR) is 84.0 cm³/mol. The number of rotatable bonds is 5. The molecule has 2 aromatic carbocycles. The summed E-state index contributed by atoms with van der Waals surface area (Å²) < 4.78 is 12.1. The van der Waals surface area contributed by atoms with Crippen molar-refractivity contribution in [1.82, 2.24) is 0 Å². The summed E-state index contributed by atoms with van der Waals surface area (Å²) in [6.45, 7) is 2.51. The first kappa shape index (κ1) is 15.0. The van der Waals surface area contributed by atoms with Crippen LogP contribution in [0, 0.1) is 0 Å². The molecule has 0 aliphatic carbocycles. The Kier molecular flexibility index (Phi) is 5.17. The third-order valence-electron chi connectivity index (χ3n) is 2.90. The molecular weight excluding hydrogens is 318 g/mol. The Hall–Kier alpha value is -1.36. The molecule has 3 nitrogen and oxygen atoms in total. The minimum Gasteiger partial charge on any atom is -0.457 e. The monoisotopic (exact) mass is 335 g/mol. The zero-order valence-corrected chi connectivity index (χ0v) is 13.2. The van der Waals surface area contributed by atoms with Crippen molar-refractivity contribution in [2.45, 2.75) is 19.6 Å². The van der Waals surface area contributed by atoms with Gasteiger partial charge in [0.05, 0.1) is 6.61 Å². The Morgan fingerprint density at radius 1 is 1.20 bits per heavy atom. The molecule has 0 saturated carbocycles. The van der Waals surface area contributed by atoms with E-state index in [1.54, 1.807) is 7.11 Å². The van der Waals surface area contributed by atoms with E-state index in [0.717, 1.165) is 27.1 Å². The molecule has 2 rings (SSSR count). The van der Waals surface area contributed by atoms with Crippen LogP contribution in [0.4, 0.5) is 0 Å². The van der Waals surface area contributed by atoms with Gasteiger partial charge in [-0.25, -0.2) is 0 Å². The molecule has 0 aliphatic heterocycles. The van der Waals surface area contributed by atoms with Crippen molar-refractivity contribution in [3.63, 3.8) is 0 Å². The summed E-state index contributed by atoms with van der Waals surface area (Å²) in [7, 11) is 1.68. The standard InChI is InChI=1S/C16H18BrNO2/c1-11(18)15-9-13(17)6-7-16(15)20-14-5-3-4-12(8-14)10-19-2/h3-9,11H,10,18H2,1-2H3. The van der Waals surface area contributed by atoms with Gasteiger partial charge >= 0.3 is 0 Å². The van der Waals surface area contributed by atoms with Gasteiger partial charge in [-0.15, -0.1) is 0 Å². The lowest BCUT2D eigenvalue weighted by atomic mass is 10.1. The number of nitrogens with two attached hydrogens (primary N) is 1. The van der Waals surface area contributed by atoms with E-state index in [1.165, 1.54) is 0 Å². The second-order valence-corrected chi connectivity index (χ2v) is 5.57. The summed E-state index contributed by atoms with van der Waals surface area (Å²) in [5, 5.41) is 0. The summed E-state index contributed by atoms with van der Waals surface area (Å²) >= 11 is 3.45. The van der Waals surface area contributed by atoms with Crippen molar-refractivity contribution in [3.8, 4) is 11.5 Å². The van der Waals surface area contributed by atoms with Crippen LogP contribution in [0.3, 0.4) is 0 Å². The maximum Gasteiger partial charge on any atom is 0.132 e. The Bertz CT molecular complexity index is 584. The van der Waals surface area contributed by atoms with Crippen LogP contribution in [0.5, 0.6) is 11.5 Å². The van der Waals surface area contributed by atoms with Crippen LogP contribution in [0.1, 0.15) is 24.1 Å². The zero-order valence-electron chi connectivity index (χ0n) is 11.6. The van der Waals surface area contributed by atoms with E-state index in [2.05, 4.69) is 15.9 Å². The van der Waals surface area contributed by atoms with Gasteiger partial charge in [0.2, 0.25) is 0 Å². The van der Waals surface area contributed by atoms with Crippen molar-refractivity contribution >= 4 is 15.9 Å². The van der Waals surface area contributed by atoms with Gasteiger partial charge in [-0.2, -0.15) is 0 Å². The Labute approximate surface area is 127 Å². The first-order valence-electron chi connectivity index (χ1n) is 6.41. The van der Waals surface area contributed by atoms with Gasteiger partial charge in [0.15, 0.2) is 0 Å². The molecule has 0 aromatic heterocycles. The number of halogens is 1. The lowest BCUT2D eigenvalue weighted by Crippen LogP contribution is -2.06. The predicted octanol–water partition coefficient (Wildman–Crippen LogP) is 4.41. The van der Waals surface area contributed by atoms with Crippen LogP contribution in [0.2, 0.25) is 0 Å². The Morgan fingerprint density at radius 3 is 2.70 bits per heavy atom. The minimum atomic E-state index is -0.0929. The molecule has 2 N–H and O–H groups in total. The van der Waals surface area contributed by atoms with E-state index in [9.17, 15) is 0 Å². The van der Waals surface area contributed by atoms with Crippen LogP contribution < -0.4 is 10.5 Å². The fourth-order valence-corrected chi connectivity index (χ4v) is 2.34. The molecule has 0 heterocycles. The molecule has 20 heavy (non-hydrogen) atoms. The highest BCUT2D eigenvalue weighted by Crippen LogP contribution is 2.31. The highest BCUT2D eigenvalue weighted by molar-refractivity contribution is 9.10. The molecular formula is C16H18BrNO2. The fraction of sp³-hybridized carbons (Fsp3) is 0.250.